The van der Waals surface area contributed by atoms with Gasteiger partial charge in [-0.1, -0.05) is 38.7 Å². The topological polar surface area (TPSA) is 40.6 Å². The standard InChI is InChI=1S/C17H24F2N2O2/c1-6-10-21(16(22)14(4)18)11-8-7-9-15(19)17(23)20(5)12-13(2)3/h6-9,13H,1,4,10-12H2,2-3,5H3/b8-7+,15-9-. The molecule has 0 aliphatic rings. The molecule has 4 nitrogen and oxygen atoms in total. The zero-order chi connectivity index (χ0) is 18.0. The first-order valence-electron chi connectivity index (χ1n) is 7.23. The second-order valence-electron chi connectivity index (χ2n) is 5.43. The summed E-state index contributed by atoms with van der Waals surface area (Å²) < 4.78 is 26.5. The maximum atomic E-state index is 13.7. The summed E-state index contributed by atoms with van der Waals surface area (Å²) in [5, 5.41) is 0. The Bertz CT molecular complexity index is 511. The van der Waals surface area contributed by atoms with Crippen LogP contribution in [0.5, 0.6) is 0 Å². The van der Waals surface area contributed by atoms with Gasteiger partial charge in [0, 0.05) is 26.7 Å². The molecular formula is C17H24F2N2O2. The van der Waals surface area contributed by atoms with Gasteiger partial charge >= 0.3 is 0 Å². The van der Waals surface area contributed by atoms with Crippen molar-refractivity contribution in [1.82, 2.24) is 9.80 Å². The third kappa shape index (κ3) is 8.09. The highest BCUT2D eigenvalue weighted by molar-refractivity contribution is 5.91. The van der Waals surface area contributed by atoms with E-state index in [1.807, 2.05) is 13.8 Å². The van der Waals surface area contributed by atoms with Crippen LogP contribution >= 0.6 is 0 Å². The van der Waals surface area contributed by atoms with Crippen LogP contribution in [0.2, 0.25) is 0 Å². The molecule has 128 valence electrons. The summed E-state index contributed by atoms with van der Waals surface area (Å²) in [5.74, 6) is -3.31. The molecule has 0 bridgehead atoms. The fourth-order valence-corrected chi connectivity index (χ4v) is 1.79. The summed E-state index contributed by atoms with van der Waals surface area (Å²) in [7, 11) is 1.52. The van der Waals surface area contributed by atoms with Crippen LogP contribution in [0.15, 0.2) is 49.1 Å². The minimum atomic E-state index is -1.08. The Kier molecular flexibility index (Phi) is 9.46. The van der Waals surface area contributed by atoms with Gasteiger partial charge in [-0.25, -0.2) is 8.78 Å². The van der Waals surface area contributed by atoms with E-state index < -0.39 is 23.5 Å². The van der Waals surface area contributed by atoms with Gasteiger partial charge in [-0.2, -0.15) is 0 Å². The van der Waals surface area contributed by atoms with E-state index in [1.165, 1.54) is 30.2 Å². The Morgan fingerprint density at radius 2 is 1.78 bits per heavy atom. The Morgan fingerprint density at radius 3 is 2.26 bits per heavy atom. The van der Waals surface area contributed by atoms with Crippen LogP contribution in [-0.4, -0.2) is 48.3 Å². The summed E-state index contributed by atoms with van der Waals surface area (Å²) in [6.07, 6.45) is 5.20. The van der Waals surface area contributed by atoms with Gasteiger partial charge in [-0.05, 0) is 12.0 Å². The SMILES string of the molecule is C=CCN(C/C=C/C=C(\F)C(=O)N(C)CC(C)C)C(=O)C(=C)F. The predicted molar refractivity (Wildman–Crippen MR) is 87.8 cm³/mol. The first-order chi connectivity index (χ1) is 10.7. The predicted octanol–water partition coefficient (Wildman–Crippen LogP) is 3.01. The lowest BCUT2D eigenvalue weighted by molar-refractivity contribution is -0.128. The second-order valence-corrected chi connectivity index (χ2v) is 5.43. The lowest BCUT2D eigenvalue weighted by atomic mass is 10.2. The lowest BCUT2D eigenvalue weighted by Gasteiger charge is -2.18. The third-order valence-corrected chi connectivity index (χ3v) is 2.76. The fourth-order valence-electron chi connectivity index (χ4n) is 1.79. The monoisotopic (exact) mass is 326 g/mol. The van der Waals surface area contributed by atoms with Gasteiger partial charge in [-0.3, -0.25) is 9.59 Å². The van der Waals surface area contributed by atoms with Gasteiger partial charge in [-0.15, -0.1) is 6.58 Å². The molecule has 23 heavy (non-hydrogen) atoms. The van der Waals surface area contributed by atoms with Crippen molar-refractivity contribution in [2.24, 2.45) is 5.92 Å². The number of hydrogen-bond donors (Lipinski definition) is 0. The van der Waals surface area contributed by atoms with E-state index in [9.17, 15) is 18.4 Å². The van der Waals surface area contributed by atoms with E-state index in [0.29, 0.717) is 6.54 Å². The summed E-state index contributed by atoms with van der Waals surface area (Å²) in [6, 6.07) is 0. The van der Waals surface area contributed by atoms with Gasteiger partial charge in [0.05, 0.1) is 0 Å². The number of rotatable bonds is 9. The van der Waals surface area contributed by atoms with Crippen molar-refractivity contribution >= 4 is 11.8 Å². The van der Waals surface area contributed by atoms with Gasteiger partial charge in [0.15, 0.2) is 11.7 Å². The van der Waals surface area contributed by atoms with Crippen LogP contribution in [0.1, 0.15) is 13.8 Å². The molecule has 0 saturated carbocycles. The number of carbonyl (C=O) groups excluding carboxylic acids is 2. The van der Waals surface area contributed by atoms with E-state index in [0.717, 1.165) is 11.0 Å². The van der Waals surface area contributed by atoms with Crippen LogP contribution in [0.4, 0.5) is 8.78 Å². The van der Waals surface area contributed by atoms with Crippen LogP contribution in [0.25, 0.3) is 0 Å². The van der Waals surface area contributed by atoms with Crippen LogP contribution in [0, 0.1) is 5.92 Å². The van der Waals surface area contributed by atoms with Gasteiger partial charge < -0.3 is 9.80 Å². The van der Waals surface area contributed by atoms with Crippen LogP contribution in [-0.2, 0) is 9.59 Å². The molecule has 0 aromatic carbocycles. The molecule has 0 heterocycles. The highest BCUT2D eigenvalue weighted by atomic mass is 19.1. The van der Waals surface area contributed by atoms with Crippen molar-refractivity contribution < 1.29 is 18.4 Å². The Morgan fingerprint density at radius 1 is 1.17 bits per heavy atom. The Balaban J connectivity index is 4.69. The van der Waals surface area contributed by atoms with E-state index >= 15 is 0 Å². The molecule has 6 heteroatoms. The van der Waals surface area contributed by atoms with Crippen molar-refractivity contribution in [2.75, 3.05) is 26.7 Å². The number of nitrogens with zero attached hydrogens (tertiary/aromatic N) is 2. The van der Waals surface area contributed by atoms with Crippen molar-refractivity contribution in [2.45, 2.75) is 13.8 Å². The summed E-state index contributed by atoms with van der Waals surface area (Å²) in [5.41, 5.74) is 0. The normalized spacial score (nSPS) is 11.7. The Hall–Kier alpha value is -2.24. The molecule has 0 aliphatic heterocycles. The van der Waals surface area contributed by atoms with E-state index in [4.69, 9.17) is 0 Å². The first kappa shape index (κ1) is 20.8. The summed E-state index contributed by atoms with van der Waals surface area (Å²) >= 11 is 0. The molecule has 0 unspecified atom stereocenters. The molecule has 0 atom stereocenters. The average Bonchev–Trinajstić information content (AvgIpc) is 2.47. The molecule has 0 spiro atoms. The summed E-state index contributed by atoms with van der Waals surface area (Å²) in [4.78, 5) is 25.6. The lowest BCUT2D eigenvalue weighted by Crippen LogP contribution is -2.31. The average molecular weight is 326 g/mol. The zero-order valence-electron chi connectivity index (χ0n) is 13.9. The quantitative estimate of drug-likeness (QED) is 0.371. The van der Waals surface area contributed by atoms with Gasteiger partial charge in [0.2, 0.25) is 0 Å². The van der Waals surface area contributed by atoms with Crippen molar-refractivity contribution in [1.29, 1.82) is 0 Å². The van der Waals surface area contributed by atoms with Crippen molar-refractivity contribution in [3.63, 3.8) is 0 Å². The number of halogens is 2. The Labute approximate surface area is 136 Å². The van der Waals surface area contributed by atoms with Gasteiger partial charge in [0.25, 0.3) is 11.8 Å². The fraction of sp³-hybridized carbons (Fsp3) is 0.412. The maximum absolute atomic E-state index is 13.7. The highest BCUT2D eigenvalue weighted by Gasteiger charge is 2.15. The van der Waals surface area contributed by atoms with Crippen molar-refractivity contribution in [3.05, 3.63) is 49.1 Å². The van der Waals surface area contributed by atoms with Gasteiger partial charge in [0.1, 0.15) is 0 Å². The van der Waals surface area contributed by atoms with Crippen molar-refractivity contribution in [3.8, 4) is 0 Å². The minimum Gasteiger partial charge on any atom is -0.339 e. The molecule has 0 rings (SSSR count). The largest absolute Gasteiger partial charge is 0.339 e. The molecule has 0 aliphatic carbocycles. The molecule has 0 aromatic heterocycles. The molecule has 0 radical (unpaired) electrons. The molecule has 0 N–H and O–H groups in total. The first-order valence-corrected chi connectivity index (χ1v) is 7.23. The van der Waals surface area contributed by atoms with E-state index in [2.05, 4.69) is 13.2 Å². The minimum absolute atomic E-state index is 0.0492. The second kappa shape index (κ2) is 10.5. The zero-order valence-corrected chi connectivity index (χ0v) is 13.9. The van der Waals surface area contributed by atoms with E-state index in [-0.39, 0.29) is 19.0 Å². The van der Waals surface area contributed by atoms with Crippen LogP contribution < -0.4 is 0 Å². The maximum Gasteiger partial charge on any atom is 0.282 e. The number of carbonyl (C=O) groups is 2. The number of hydrogen-bond acceptors (Lipinski definition) is 2. The summed E-state index contributed by atoms with van der Waals surface area (Å²) in [6.45, 7) is 10.9. The number of allylic oxidation sites excluding steroid dienone is 2. The molecule has 0 aromatic rings. The number of amides is 2. The molecular weight excluding hydrogens is 302 g/mol. The molecule has 2 amide bonds. The van der Waals surface area contributed by atoms with E-state index in [1.54, 1.807) is 0 Å². The highest BCUT2D eigenvalue weighted by Crippen LogP contribution is 2.06. The molecule has 0 fully saturated rings. The number of likely N-dealkylation sites (N-methyl/N-ethyl adjacent to an activating group) is 1. The molecule has 0 saturated heterocycles. The smallest absolute Gasteiger partial charge is 0.282 e. The third-order valence-electron chi connectivity index (χ3n) is 2.76. The van der Waals surface area contributed by atoms with Crippen LogP contribution in [0.3, 0.4) is 0 Å².